The molecule has 15 nitrogen and oxygen atoms in total. The molecule has 4 N–H and O–H groups in total. The minimum Gasteiger partial charge on any atom is -0.490 e. The number of carbonyl (C=O) groups is 3. The van der Waals surface area contributed by atoms with Crippen molar-refractivity contribution in [3.05, 3.63) is 53.4 Å². The maximum atomic E-state index is 14.4. The predicted octanol–water partition coefficient (Wildman–Crippen LogP) is 5.62. The second kappa shape index (κ2) is 16.8. The molecule has 51 heavy (non-hydrogen) atoms. The molecule has 276 valence electrons. The molecule has 0 fully saturated rings. The first kappa shape index (κ1) is 37.2. The van der Waals surface area contributed by atoms with E-state index in [0.29, 0.717) is 58.8 Å². The van der Waals surface area contributed by atoms with Crippen LogP contribution in [0.25, 0.3) is 0 Å². The van der Waals surface area contributed by atoms with Gasteiger partial charge in [0.05, 0.1) is 30.4 Å². The number of rotatable bonds is 7. The summed E-state index contributed by atoms with van der Waals surface area (Å²) in [5, 5.41) is 22.6. The van der Waals surface area contributed by atoms with Crippen molar-refractivity contribution in [1.82, 2.24) is 15.0 Å². The molecule has 0 unspecified atom stereocenters. The summed E-state index contributed by atoms with van der Waals surface area (Å²) < 4.78 is 28.6. The predicted molar refractivity (Wildman–Crippen MR) is 190 cm³/mol. The summed E-state index contributed by atoms with van der Waals surface area (Å²) in [5.41, 5.74) is 2.16. The van der Waals surface area contributed by atoms with Gasteiger partial charge in [-0.05, 0) is 77.3 Å². The van der Waals surface area contributed by atoms with E-state index < -0.39 is 18.2 Å². The zero-order chi connectivity index (χ0) is 36.7. The van der Waals surface area contributed by atoms with Crippen molar-refractivity contribution in [2.24, 2.45) is 5.92 Å². The lowest BCUT2D eigenvalue weighted by Gasteiger charge is -2.35. The van der Waals surface area contributed by atoms with Gasteiger partial charge in [0.15, 0.2) is 17.3 Å². The van der Waals surface area contributed by atoms with E-state index in [9.17, 15) is 19.5 Å². The van der Waals surface area contributed by atoms with Crippen LogP contribution in [-0.2, 0) is 4.74 Å². The average Bonchev–Trinajstić information content (AvgIpc) is 3.70. The molecule has 0 saturated heterocycles. The minimum atomic E-state index is -0.565. The van der Waals surface area contributed by atoms with Crippen molar-refractivity contribution in [3.63, 3.8) is 0 Å². The van der Waals surface area contributed by atoms with E-state index in [0.717, 1.165) is 12.8 Å². The summed E-state index contributed by atoms with van der Waals surface area (Å²) >= 11 is 0. The van der Waals surface area contributed by atoms with Gasteiger partial charge in [-0.1, -0.05) is 12.1 Å². The summed E-state index contributed by atoms with van der Waals surface area (Å²) in [6, 6.07) is 8.69. The maximum Gasteiger partial charge on any atom is 0.323 e. The van der Waals surface area contributed by atoms with Gasteiger partial charge in [-0.2, -0.15) is 0 Å². The molecule has 2 aromatic carbocycles. The van der Waals surface area contributed by atoms with Gasteiger partial charge >= 0.3 is 12.1 Å². The molecule has 4 atom stereocenters. The van der Waals surface area contributed by atoms with Gasteiger partial charge in [0.1, 0.15) is 17.1 Å². The Balaban J connectivity index is 1.35. The van der Waals surface area contributed by atoms with E-state index in [4.69, 9.17) is 23.5 Å². The van der Waals surface area contributed by atoms with E-state index in [2.05, 4.69) is 21.1 Å². The van der Waals surface area contributed by atoms with Crippen LogP contribution in [-0.4, -0.2) is 96.4 Å². The van der Waals surface area contributed by atoms with E-state index in [-0.39, 0.29) is 56.0 Å². The molecule has 3 aromatic rings. The van der Waals surface area contributed by atoms with Gasteiger partial charge in [-0.15, -0.1) is 0 Å². The summed E-state index contributed by atoms with van der Waals surface area (Å²) in [6.07, 6.45) is 1.66. The number of carbonyl (C=O) groups excluding carboxylic acids is 3. The molecule has 0 saturated carbocycles. The second-order valence-corrected chi connectivity index (χ2v) is 13.2. The van der Waals surface area contributed by atoms with Crippen LogP contribution in [0.4, 0.5) is 26.7 Å². The van der Waals surface area contributed by atoms with Crippen LogP contribution >= 0.6 is 0 Å². The quantitative estimate of drug-likeness (QED) is 0.241. The Morgan fingerprint density at radius 3 is 2.47 bits per heavy atom. The normalized spacial score (nSPS) is 20.0. The third-order valence-corrected chi connectivity index (χ3v) is 9.01. The van der Waals surface area contributed by atoms with E-state index >= 15 is 0 Å². The van der Waals surface area contributed by atoms with Gasteiger partial charge in [0.2, 0.25) is 6.79 Å². The fraction of sp³-hybridized carbons (Fsp3) is 0.500. The number of amides is 5. The number of hydrogen-bond donors (Lipinski definition) is 4. The number of anilines is 3. The lowest BCUT2D eigenvalue weighted by Crippen LogP contribution is -2.48. The number of hydrogen-bond acceptors (Lipinski definition) is 10. The Labute approximate surface area is 297 Å². The van der Waals surface area contributed by atoms with Gasteiger partial charge in [0, 0.05) is 50.1 Å². The molecule has 0 spiro atoms. The van der Waals surface area contributed by atoms with E-state index in [1.54, 1.807) is 74.0 Å². The van der Waals surface area contributed by atoms with Crippen molar-refractivity contribution in [2.45, 2.75) is 72.1 Å². The van der Waals surface area contributed by atoms with Crippen LogP contribution in [0, 0.1) is 19.8 Å². The van der Waals surface area contributed by atoms with Crippen LogP contribution in [0.3, 0.4) is 0 Å². The third kappa shape index (κ3) is 9.41. The number of ether oxygens (including phenoxy) is 4. The summed E-state index contributed by atoms with van der Waals surface area (Å²) in [4.78, 5) is 43.7. The van der Waals surface area contributed by atoms with Crippen LogP contribution in [0.2, 0.25) is 0 Å². The van der Waals surface area contributed by atoms with Gasteiger partial charge in [-0.25, -0.2) is 9.59 Å². The largest absolute Gasteiger partial charge is 0.490 e. The molecule has 5 rings (SSSR count). The highest BCUT2D eigenvalue weighted by molar-refractivity contribution is 6.03. The van der Waals surface area contributed by atoms with Crippen molar-refractivity contribution < 1.29 is 43.0 Å². The van der Waals surface area contributed by atoms with Crippen molar-refractivity contribution >= 4 is 35.0 Å². The van der Waals surface area contributed by atoms with Crippen LogP contribution in [0.1, 0.15) is 61.8 Å². The smallest absolute Gasteiger partial charge is 0.323 e. The van der Waals surface area contributed by atoms with E-state index in [1.165, 1.54) is 0 Å². The monoisotopic (exact) mass is 708 g/mol. The Bertz CT molecular complexity index is 1680. The SMILES string of the molecule is Cc1noc(C)c1NC(=O)Nc1ccc2c(c1)C(=O)N([C@H](C)CO)C[C@@H](C)[C@H](CN(C)C(=O)Nc1ccc3c(c1)OCO3)OCCCC[C@@H](C)O2. The Kier molecular flexibility index (Phi) is 12.3. The van der Waals surface area contributed by atoms with Crippen molar-refractivity contribution in [1.29, 1.82) is 0 Å². The Morgan fingerprint density at radius 2 is 1.75 bits per heavy atom. The van der Waals surface area contributed by atoms with Gasteiger partial charge in [-0.3, -0.25) is 4.79 Å². The molecule has 5 amide bonds. The molecular weight excluding hydrogens is 660 g/mol. The number of aliphatic hydroxyl groups excluding tert-OH is 1. The lowest BCUT2D eigenvalue weighted by atomic mass is 10.0. The van der Waals surface area contributed by atoms with Crippen LogP contribution in [0.5, 0.6) is 17.2 Å². The zero-order valence-electron chi connectivity index (χ0n) is 30.0. The van der Waals surface area contributed by atoms with E-state index in [1.807, 2.05) is 13.8 Å². The average molecular weight is 709 g/mol. The van der Waals surface area contributed by atoms with Crippen LogP contribution in [0.15, 0.2) is 40.9 Å². The number of nitrogens with one attached hydrogen (secondary N) is 3. The third-order valence-electron chi connectivity index (χ3n) is 9.01. The second-order valence-electron chi connectivity index (χ2n) is 13.2. The molecule has 0 bridgehead atoms. The summed E-state index contributed by atoms with van der Waals surface area (Å²) in [6.45, 7) is 9.84. The molecular formula is C36H48N6O9. The highest BCUT2D eigenvalue weighted by atomic mass is 16.7. The zero-order valence-corrected chi connectivity index (χ0v) is 30.0. The highest BCUT2D eigenvalue weighted by Crippen LogP contribution is 2.34. The fourth-order valence-corrected chi connectivity index (χ4v) is 5.95. The molecule has 2 aliphatic heterocycles. The molecule has 15 heteroatoms. The maximum absolute atomic E-state index is 14.4. The molecule has 2 aliphatic rings. The van der Waals surface area contributed by atoms with Crippen molar-refractivity contribution in [3.8, 4) is 17.2 Å². The topological polar surface area (TPSA) is 177 Å². The van der Waals surface area contributed by atoms with Crippen molar-refractivity contribution in [2.75, 3.05) is 56.1 Å². The number of aliphatic hydroxyl groups is 1. The van der Waals surface area contributed by atoms with Crippen LogP contribution < -0.4 is 30.2 Å². The number of nitrogens with zero attached hydrogens (tertiary/aromatic N) is 3. The first-order valence-corrected chi connectivity index (χ1v) is 17.2. The first-order chi connectivity index (χ1) is 24.4. The highest BCUT2D eigenvalue weighted by Gasteiger charge is 2.31. The number of aromatic nitrogens is 1. The molecule has 3 heterocycles. The molecule has 0 radical (unpaired) electrons. The molecule has 0 aliphatic carbocycles. The van der Waals surface area contributed by atoms with Gasteiger partial charge in [0.25, 0.3) is 5.91 Å². The first-order valence-electron chi connectivity index (χ1n) is 17.2. The number of likely N-dealkylation sites (N-methyl/N-ethyl adjacent to an activating group) is 1. The Morgan fingerprint density at radius 1 is 1.02 bits per heavy atom. The number of benzene rings is 2. The lowest BCUT2D eigenvalue weighted by molar-refractivity contribution is -0.0115. The minimum absolute atomic E-state index is 0.134. The molecule has 1 aromatic heterocycles. The summed E-state index contributed by atoms with van der Waals surface area (Å²) in [5.74, 6) is 1.38. The number of fused-ring (bicyclic) bond motifs is 2. The number of aryl methyl sites for hydroxylation is 2. The fourth-order valence-electron chi connectivity index (χ4n) is 5.95. The van der Waals surface area contributed by atoms with Gasteiger partial charge < -0.3 is 54.3 Å². The standard InChI is InChI=1S/C36H48N6O9/c1-21-17-42(22(2)19-43)34(44)28-15-26(37-35(45)39-33-24(4)40-51-25(33)5)10-12-29(28)50-23(3)9-7-8-14-47-32(21)18-41(6)36(46)38-27-11-13-30-31(16-27)49-20-48-30/h10-13,15-16,21-23,32,43H,7-9,14,17-20H2,1-6H3,(H,38,46)(H2,37,39,45)/t21-,22-,23-,32+/m1/s1. The Hall–Kier alpha value is -5.02. The summed E-state index contributed by atoms with van der Waals surface area (Å²) in [7, 11) is 1.69. The number of urea groups is 2.